The van der Waals surface area contributed by atoms with Crippen molar-refractivity contribution in [2.45, 2.75) is 24.4 Å². The van der Waals surface area contributed by atoms with Gasteiger partial charge in [-0.3, -0.25) is 4.79 Å². The number of hydrogen-bond donors (Lipinski definition) is 2. The lowest BCUT2D eigenvalue weighted by Crippen LogP contribution is -3.12. The molecule has 2 atom stereocenters. The van der Waals surface area contributed by atoms with Crippen molar-refractivity contribution in [3.05, 3.63) is 65.9 Å². The van der Waals surface area contributed by atoms with E-state index in [1.165, 1.54) is 15.4 Å². The molecule has 3 nitrogen and oxygen atoms in total. The molecule has 124 valence electrons. The number of hydrogen-bond acceptors (Lipinski definition) is 2. The third kappa shape index (κ3) is 3.40. The largest absolute Gasteiger partial charge is 0.360 e. The number of carbonyl (C=O) groups excluding carboxylic acids is 1. The zero-order chi connectivity index (χ0) is 17.1. The molecule has 0 spiro atoms. The molecule has 2 N–H and O–H groups in total. The van der Waals surface area contributed by atoms with Crippen LogP contribution in [0.5, 0.6) is 0 Å². The van der Waals surface area contributed by atoms with E-state index >= 15 is 0 Å². The fourth-order valence-electron chi connectivity index (χ4n) is 2.95. The number of H-pyrrole nitrogens is 1. The van der Waals surface area contributed by atoms with Crippen molar-refractivity contribution >= 4 is 28.4 Å². The number of thioether (sulfide) groups is 1. The number of Topliss-reactive ketones (excluding diaryl/α,β-unsaturated/α-hetero) is 1. The molecule has 3 aromatic rings. The molecule has 1 heterocycles. The SMILES string of the molecule is CSc1ccc(C[NH+](C)[C@H](C)C(=O)c2c[nH]c3ccccc23)cc1. The summed E-state index contributed by atoms with van der Waals surface area (Å²) in [6, 6.07) is 16.4. The van der Waals surface area contributed by atoms with E-state index in [-0.39, 0.29) is 11.8 Å². The standard InChI is InChI=1S/C20H22N2OS/c1-14(22(2)13-15-8-10-16(24-3)11-9-15)20(23)18-12-21-19-7-5-4-6-17(18)19/h4-12,14,21H,13H2,1-3H3/p+1/t14-/m1/s1. The normalized spacial score (nSPS) is 13.8. The van der Waals surface area contributed by atoms with Crippen molar-refractivity contribution in [2.24, 2.45) is 0 Å². The number of quaternary nitrogens is 1. The number of likely N-dealkylation sites (N-methyl/N-ethyl adjacent to an activating group) is 1. The monoisotopic (exact) mass is 339 g/mol. The molecule has 1 aromatic heterocycles. The summed E-state index contributed by atoms with van der Waals surface area (Å²) in [5, 5.41) is 1.01. The van der Waals surface area contributed by atoms with E-state index in [4.69, 9.17) is 0 Å². The van der Waals surface area contributed by atoms with Crippen LogP contribution in [-0.2, 0) is 6.54 Å². The summed E-state index contributed by atoms with van der Waals surface area (Å²) < 4.78 is 0. The summed E-state index contributed by atoms with van der Waals surface area (Å²) in [6.45, 7) is 2.85. The van der Waals surface area contributed by atoms with Crippen LogP contribution in [0.1, 0.15) is 22.8 Å². The Hall–Kier alpha value is -2.04. The van der Waals surface area contributed by atoms with Crippen LogP contribution in [0, 0.1) is 0 Å². The average Bonchev–Trinajstić information content (AvgIpc) is 3.05. The zero-order valence-electron chi connectivity index (χ0n) is 14.3. The number of carbonyl (C=O) groups is 1. The topological polar surface area (TPSA) is 37.3 Å². The molecule has 3 rings (SSSR count). The molecule has 0 radical (unpaired) electrons. The molecule has 0 fully saturated rings. The smallest absolute Gasteiger partial charge is 0.221 e. The van der Waals surface area contributed by atoms with Gasteiger partial charge in [-0.15, -0.1) is 11.8 Å². The van der Waals surface area contributed by atoms with Crippen molar-refractivity contribution in [3.63, 3.8) is 0 Å². The summed E-state index contributed by atoms with van der Waals surface area (Å²) in [6.07, 6.45) is 3.92. The lowest BCUT2D eigenvalue weighted by Gasteiger charge is -2.20. The predicted molar refractivity (Wildman–Crippen MR) is 101 cm³/mol. The molecule has 0 aliphatic rings. The van der Waals surface area contributed by atoms with E-state index < -0.39 is 0 Å². The van der Waals surface area contributed by atoms with Gasteiger partial charge in [0.25, 0.3) is 0 Å². The Morgan fingerprint density at radius 1 is 1.17 bits per heavy atom. The lowest BCUT2D eigenvalue weighted by molar-refractivity contribution is -0.907. The highest BCUT2D eigenvalue weighted by atomic mass is 32.2. The van der Waals surface area contributed by atoms with Gasteiger partial charge in [0.05, 0.1) is 7.05 Å². The van der Waals surface area contributed by atoms with Crippen LogP contribution in [0.15, 0.2) is 59.6 Å². The summed E-state index contributed by atoms with van der Waals surface area (Å²) in [4.78, 5) is 18.6. The maximum atomic E-state index is 12.9. The minimum absolute atomic E-state index is 0.0931. The quantitative estimate of drug-likeness (QED) is 0.535. The summed E-state index contributed by atoms with van der Waals surface area (Å²) >= 11 is 1.74. The van der Waals surface area contributed by atoms with Crippen molar-refractivity contribution in [3.8, 4) is 0 Å². The molecular formula is C20H23N2OS+. The van der Waals surface area contributed by atoms with Gasteiger partial charge in [0, 0.05) is 33.1 Å². The van der Waals surface area contributed by atoms with Crippen LogP contribution in [0.4, 0.5) is 0 Å². The Morgan fingerprint density at radius 3 is 2.58 bits per heavy atom. The van der Waals surface area contributed by atoms with Gasteiger partial charge in [0.2, 0.25) is 5.78 Å². The third-order valence-electron chi connectivity index (χ3n) is 4.63. The van der Waals surface area contributed by atoms with Crippen molar-refractivity contribution in [1.29, 1.82) is 0 Å². The number of benzene rings is 2. The minimum Gasteiger partial charge on any atom is -0.360 e. The number of rotatable bonds is 6. The van der Waals surface area contributed by atoms with Gasteiger partial charge in [0.15, 0.2) is 0 Å². The molecule has 0 saturated heterocycles. The number of aromatic nitrogens is 1. The van der Waals surface area contributed by atoms with Gasteiger partial charge in [-0.05, 0) is 31.4 Å². The molecule has 2 aromatic carbocycles. The van der Waals surface area contributed by atoms with Gasteiger partial charge in [-0.1, -0.05) is 30.3 Å². The number of para-hydroxylation sites is 1. The van der Waals surface area contributed by atoms with Gasteiger partial charge in [0.1, 0.15) is 12.6 Å². The Bertz CT molecular complexity index is 838. The van der Waals surface area contributed by atoms with E-state index in [9.17, 15) is 4.79 Å². The Labute approximate surface area is 147 Å². The number of nitrogens with one attached hydrogen (secondary N) is 2. The first-order chi connectivity index (χ1) is 11.6. The molecule has 4 heteroatoms. The van der Waals surface area contributed by atoms with Crippen molar-refractivity contribution < 1.29 is 9.69 Å². The van der Waals surface area contributed by atoms with Gasteiger partial charge >= 0.3 is 0 Å². The second-order valence-electron chi connectivity index (χ2n) is 6.21. The average molecular weight is 339 g/mol. The second-order valence-corrected chi connectivity index (χ2v) is 7.08. The highest BCUT2D eigenvalue weighted by Crippen LogP contribution is 2.19. The van der Waals surface area contributed by atoms with Crippen LogP contribution in [0.3, 0.4) is 0 Å². The van der Waals surface area contributed by atoms with Gasteiger partial charge in [-0.25, -0.2) is 0 Å². The summed E-state index contributed by atoms with van der Waals surface area (Å²) in [7, 11) is 2.08. The highest BCUT2D eigenvalue weighted by molar-refractivity contribution is 7.98. The summed E-state index contributed by atoms with van der Waals surface area (Å²) in [5.41, 5.74) is 3.05. The number of ketones is 1. The predicted octanol–water partition coefficient (Wildman–Crippen LogP) is 3.18. The fraction of sp³-hybridized carbons (Fsp3) is 0.250. The number of fused-ring (bicyclic) bond motifs is 1. The molecule has 1 unspecified atom stereocenters. The first kappa shape index (κ1) is 16.8. The van der Waals surface area contributed by atoms with E-state index in [0.717, 1.165) is 23.0 Å². The maximum Gasteiger partial charge on any atom is 0.221 e. The highest BCUT2D eigenvalue weighted by Gasteiger charge is 2.25. The van der Waals surface area contributed by atoms with E-state index in [0.29, 0.717) is 0 Å². The van der Waals surface area contributed by atoms with Crippen LogP contribution in [0.2, 0.25) is 0 Å². The first-order valence-corrected chi connectivity index (χ1v) is 9.38. The second kappa shape index (κ2) is 7.24. The van der Waals surface area contributed by atoms with Crippen LogP contribution in [-0.4, -0.2) is 30.1 Å². The van der Waals surface area contributed by atoms with Gasteiger partial charge in [-0.2, -0.15) is 0 Å². The first-order valence-electron chi connectivity index (χ1n) is 8.15. The van der Waals surface area contributed by atoms with Crippen LogP contribution >= 0.6 is 11.8 Å². The van der Waals surface area contributed by atoms with E-state index in [1.807, 2.05) is 37.4 Å². The summed E-state index contributed by atoms with van der Waals surface area (Å²) in [5.74, 6) is 0.186. The van der Waals surface area contributed by atoms with Crippen molar-refractivity contribution in [2.75, 3.05) is 13.3 Å². The minimum atomic E-state index is -0.0931. The lowest BCUT2D eigenvalue weighted by atomic mass is 10.0. The molecule has 0 aliphatic carbocycles. The van der Waals surface area contributed by atoms with E-state index in [1.54, 1.807) is 11.8 Å². The van der Waals surface area contributed by atoms with Gasteiger partial charge < -0.3 is 9.88 Å². The maximum absolute atomic E-state index is 12.9. The van der Waals surface area contributed by atoms with Crippen LogP contribution < -0.4 is 4.90 Å². The third-order valence-corrected chi connectivity index (χ3v) is 5.37. The molecule has 24 heavy (non-hydrogen) atoms. The fourth-order valence-corrected chi connectivity index (χ4v) is 3.36. The Balaban J connectivity index is 1.74. The molecular weight excluding hydrogens is 316 g/mol. The van der Waals surface area contributed by atoms with E-state index in [2.05, 4.69) is 42.6 Å². The Kier molecular flexibility index (Phi) is 5.07. The molecule has 0 amide bonds. The number of aromatic amines is 1. The Morgan fingerprint density at radius 2 is 1.88 bits per heavy atom. The molecule has 0 saturated carbocycles. The zero-order valence-corrected chi connectivity index (χ0v) is 15.1. The molecule has 0 aliphatic heterocycles. The molecule has 0 bridgehead atoms. The van der Waals surface area contributed by atoms with Crippen LogP contribution in [0.25, 0.3) is 10.9 Å². The van der Waals surface area contributed by atoms with Crippen molar-refractivity contribution in [1.82, 2.24) is 4.98 Å².